The molecule has 0 spiro atoms. The zero-order valence-corrected chi connectivity index (χ0v) is 17.4. The number of nitrogens with zero attached hydrogens (tertiary/aromatic N) is 1. The van der Waals surface area contributed by atoms with Gasteiger partial charge in [-0.15, -0.1) is 0 Å². The smallest absolute Gasteiger partial charge is 0.242 e. The number of fused-ring (bicyclic) bond motifs is 1. The molecule has 150 valence electrons. The average molecular weight is 409 g/mol. The standard InChI is InChI=1S/C24H25ClN2O2/c1-17(24(29)26-2)27(16-20-9-4-6-13-22(20)25)23(28)15-14-19-11-7-10-18-8-3-5-12-21(18)19/h3-13,17H,14-16H2,1-2H3,(H,26,29)/t17-/m1/s1. The Balaban J connectivity index is 1.80. The molecule has 0 heterocycles. The summed E-state index contributed by atoms with van der Waals surface area (Å²) in [5.74, 6) is -0.274. The van der Waals surface area contributed by atoms with Gasteiger partial charge in [-0.2, -0.15) is 0 Å². The first-order valence-corrected chi connectivity index (χ1v) is 10.1. The van der Waals surface area contributed by atoms with Crippen LogP contribution >= 0.6 is 11.6 Å². The van der Waals surface area contributed by atoms with Crippen LogP contribution in [-0.2, 0) is 22.6 Å². The van der Waals surface area contributed by atoms with Crippen LogP contribution in [0.1, 0.15) is 24.5 Å². The van der Waals surface area contributed by atoms with E-state index in [1.807, 2.05) is 36.4 Å². The predicted molar refractivity (Wildman–Crippen MR) is 118 cm³/mol. The molecule has 0 fully saturated rings. The lowest BCUT2D eigenvalue weighted by molar-refractivity contribution is -0.140. The zero-order chi connectivity index (χ0) is 20.8. The number of carbonyl (C=O) groups excluding carboxylic acids is 2. The second kappa shape index (κ2) is 9.57. The molecular formula is C24H25ClN2O2. The maximum Gasteiger partial charge on any atom is 0.242 e. The molecule has 29 heavy (non-hydrogen) atoms. The van der Waals surface area contributed by atoms with Crippen LogP contribution in [0.2, 0.25) is 5.02 Å². The van der Waals surface area contributed by atoms with E-state index >= 15 is 0 Å². The number of hydrogen-bond acceptors (Lipinski definition) is 2. The minimum absolute atomic E-state index is 0.0750. The molecule has 5 heteroatoms. The number of amides is 2. The highest BCUT2D eigenvalue weighted by molar-refractivity contribution is 6.31. The van der Waals surface area contributed by atoms with Gasteiger partial charge >= 0.3 is 0 Å². The monoisotopic (exact) mass is 408 g/mol. The normalized spacial score (nSPS) is 11.8. The molecule has 0 aliphatic carbocycles. The van der Waals surface area contributed by atoms with Crippen LogP contribution in [0.3, 0.4) is 0 Å². The summed E-state index contributed by atoms with van der Waals surface area (Å²) >= 11 is 6.29. The third-order valence-corrected chi connectivity index (χ3v) is 5.57. The maximum absolute atomic E-state index is 13.1. The molecule has 3 aromatic carbocycles. The lowest BCUT2D eigenvalue weighted by atomic mass is 10.0. The van der Waals surface area contributed by atoms with Crippen molar-refractivity contribution in [3.8, 4) is 0 Å². The first-order chi connectivity index (χ1) is 14.0. The Morgan fingerprint density at radius 1 is 0.966 bits per heavy atom. The Hall–Kier alpha value is -2.85. The summed E-state index contributed by atoms with van der Waals surface area (Å²) < 4.78 is 0. The molecule has 2 amide bonds. The van der Waals surface area contributed by atoms with E-state index in [1.54, 1.807) is 24.9 Å². The van der Waals surface area contributed by atoms with Crippen LogP contribution in [0.5, 0.6) is 0 Å². The van der Waals surface area contributed by atoms with E-state index in [-0.39, 0.29) is 11.8 Å². The van der Waals surface area contributed by atoms with E-state index in [0.29, 0.717) is 24.4 Å². The number of benzene rings is 3. The lowest BCUT2D eigenvalue weighted by Crippen LogP contribution is -2.46. The molecule has 0 radical (unpaired) electrons. The van der Waals surface area contributed by atoms with Crippen LogP contribution in [0.15, 0.2) is 66.7 Å². The fourth-order valence-electron chi connectivity index (χ4n) is 3.50. The van der Waals surface area contributed by atoms with Crippen molar-refractivity contribution in [2.75, 3.05) is 7.05 Å². The van der Waals surface area contributed by atoms with Crippen LogP contribution < -0.4 is 5.32 Å². The van der Waals surface area contributed by atoms with Crippen molar-refractivity contribution < 1.29 is 9.59 Å². The van der Waals surface area contributed by atoms with Crippen LogP contribution in [0, 0.1) is 0 Å². The number of aryl methyl sites for hydroxylation is 1. The molecule has 1 atom stereocenters. The zero-order valence-electron chi connectivity index (χ0n) is 16.7. The van der Waals surface area contributed by atoms with E-state index in [4.69, 9.17) is 11.6 Å². The summed E-state index contributed by atoms with van der Waals surface area (Å²) in [7, 11) is 1.58. The second-order valence-electron chi connectivity index (χ2n) is 7.04. The molecule has 0 saturated heterocycles. The van der Waals surface area contributed by atoms with E-state index in [9.17, 15) is 9.59 Å². The number of likely N-dealkylation sites (N-methyl/N-ethyl adjacent to an activating group) is 1. The Labute approximate surface area is 176 Å². The summed E-state index contributed by atoms with van der Waals surface area (Å²) in [6.45, 7) is 2.04. The van der Waals surface area contributed by atoms with Crippen molar-refractivity contribution >= 4 is 34.2 Å². The summed E-state index contributed by atoms with van der Waals surface area (Å²) in [4.78, 5) is 27.0. The quantitative estimate of drug-likeness (QED) is 0.621. The number of halogens is 1. The topological polar surface area (TPSA) is 49.4 Å². The van der Waals surface area contributed by atoms with E-state index in [1.165, 1.54) is 0 Å². The van der Waals surface area contributed by atoms with Gasteiger partial charge in [-0.3, -0.25) is 9.59 Å². The van der Waals surface area contributed by atoms with Gasteiger partial charge in [0.1, 0.15) is 6.04 Å². The van der Waals surface area contributed by atoms with E-state index in [2.05, 4.69) is 29.6 Å². The highest BCUT2D eigenvalue weighted by atomic mass is 35.5. The summed E-state index contributed by atoms with van der Waals surface area (Å²) in [5.41, 5.74) is 1.95. The molecule has 1 N–H and O–H groups in total. The van der Waals surface area contributed by atoms with E-state index < -0.39 is 6.04 Å². The molecule has 4 nitrogen and oxygen atoms in total. The number of hydrogen-bond donors (Lipinski definition) is 1. The van der Waals surface area contributed by atoms with Gasteiger partial charge in [0.2, 0.25) is 11.8 Å². The van der Waals surface area contributed by atoms with Crippen molar-refractivity contribution in [3.05, 3.63) is 82.9 Å². The van der Waals surface area contributed by atoms with Crippen molar-refractivity contribution in [2.45, 2.75) is 32.4 Å². The fourth-order valence-corrected chi connectivity index (χ4v) is 3.69. The summed E-state index contributed by atoms with van der Waals surface area (Å²) in [6.07, 6.45) is 0.930. The van der Waals surface area contributed by atoms with Gasteiger partial charge < -0.3 is 10.2 Å². The molecular weight excluding hydrogens is 384 g/mol. The minimum atomic E-state index is -0.587. The van der Waals surface area contributed by atoms with Gasteiger partial charge in [0.15, 0.2) is 0 Å². The highest BCUT2D eigenvalue weighted by Crippen LogP contribution is 2.22. The highest BCUT2D eigenvalue weighted by Gasteiger charge is 2.25. The number of nitrogens with one attached hydrogen (secondary N) is 1. The SMILES string of the molecule is CNC(=O)[C@@H](C)N(Cc1ccccc1Cl)C(=O)CCc1cccc2ccccc12. The van der Waals surface area contributed by atoms with Crippen molar-refractivity contribution in [2.24, 2.45) is 0 Å². The number of rotatable bonds is 7. The minimum Gasteiger partial charge on any atom is -0.357 e. The first-order valence-electron chi connectivity index (χ1n) is 9.72. The fraction of sp³-hybridized carbons (Fsp3) is 0.250. The molecule has 3 aromatic rings. The maximum atomic E-state index is 13.1. The molecule has 0 aliphatic heterocycles. The van der Waals surface area contributed by atoms with Gasteiger partial charge in [0.25, 0.3) is 0 Å². The van der Waals surface area contributed by atoms with Gasteiger partial charge in [0.05, 0.1) is 0 Å². The third kappa shape index (κ3) is 4.96. The van der Waals surface area contributed by atoms with Crippen LogP contribution in [0.25, 0.3) is 10.8 Å². The lowest BCUT2D eigenvalue weighted by Gasteiger charge is -2.29. The average Bonchev–Trinajstić information content (AvgIpc) is 2.75. The van der Waals surface area contributed by atoms with Crippen molar-refractivity contribution in [3.63, 3.8) is 0 Å². The Kier molecular flexibility index (Phi) is 6.89. The Bertz CT molecular complexity index is 1010. The van der Waals surface area contributed by atoms with Gasteiger partial charge in [-0.05, 0) is 41.3 Å². The molecule has 3 rings (SSSR count). The summed E-state index contributed by atoms with van der Waals surface area (Å²) in [5, 5.41) is 5.53. The van der Waals surface area contributed by atoms with Crippen LogP contribution in [0.4, 0.5) is 0 Å². The van der Waals surface area contributed by atoms with Gasteiger partial charge in [-0.1, -0.05) is 72.3 Å². The molecule has 0 aliphatic rings. The van der Waals surface area contributed by atoms with Crippen molar-refractivity contribution in [1.29, 1.82) is 0 Å². The second-order valence-corrected chi connectivity index (χ2v) is 7.45. The Morgan fingerprint density at radius 3 is 2.38 bits per heavy atom. The molecule has 0 saturated carbocycles. The van der Waals surface area contributed by atoms with Gasteiger partial charge in [0, 0.05) is 25.0 Å². The van der Waals surface area contributed by atoms with E-state index in [0.717, 1.165) is 21.9 Å². The largest absolute Gasteiger partial charge is 0.357 e. The van der Waals surface area contributed by atoms with Crippen molar-refractivity contribution in [1.82, 2.24) is 10.2 Å². The summed E-state index contributed by atoms with van der Waals surface area (Å²) in [6, 6.07) is 21.1. The molecule has 0 aromatic heterocycles. The predicted octanol–water partition coefficient (Wildman–Crippen LogP) is 4.59. The third-order valence-electron chi connectivity index (χ3n) is 5.20. The number of carbonyl (C=O) groups is 2. The van der Waals surface area contributed by atoms with Crippen LogP contribution in [-0.4, -0.2) is 29.8 Å². The van der Waals surface area contributed by atoms with Gasteiger partial charge in [-0.25, -0.2) is 0 Å². The Morgan fingerprint density at radius 2 is 1.62 bits per heavy atom. The molecule has 0 unspecified atom stereocenters. The first kappa shape index (κ1) is 20.9. The molecule has 0 bridgehead atoms.